The highest BCUT2D eigenvalue weighted by Gasteiger charge is 2.54. The third-order valence-electron chi connectivity index (χ3n) is 6.98. The Labute approximate surface area is 189 Å². The fourth-order valence-electron chi connectivity index (χ4n) is 5.32. The van der Waals surface area contributed by atoms with E-state index in [4.69, 9.17) is 9.47 Å². The quantitative estimate of drug-likeness (QED) is 0.732. The zero-order chi connectivity index (χ0) is 22.6. The number of carbonyl (C=O) groups is 2. The van der Waals surface area contributed by atoms with E-state index in [2.05, 4.69) is 26.7 Å². The number of aromatic nitrogens is 2. The van der Waals surface area contributed by atoms with Crippen LogP contribution in [0.15, 0.2) is 24.4 Å². The number of carbonyl (C=O) groups excluding carboxylic acids is 2. The van der Waals surface area contributed by atoms with Gasteiger partial charge in [0.2, 0.25) is 0 Å². The molecule has 2 N–H and O–H groups in total. The Morgan fingerprint density at radius 2 is 2.12 bits per heavy atom. The van der Waals surface area contributed by atoms with E-state index in [0.717, 1.165) is 43.4 Å². The summed E-state index contributed by atoms with van der Waals surface area (Å²) in [7, 11) is 0. The summed E-state index contributed by atoms with van der Waals surface area (Å²) in [4.78, 5) is 34.2. The van der Waals surface area contributed by atoms with Crippen molar-refractivity contribution in [3.63, 3.8) is 0 Å². The summed E-state index contributed by atoms with van der Waals surface area (Å²) in [5, 5.41) is 15.4. The molecule has 2 aliphatic carbocycles. The molecule has 2 aliphatic heterocycles. The van der Waals surface area contributed by atoms with Crippen LogP contribution in [-0.2, 0) is 28.9 Å². The zero-order valence-corrected chi connectivity index (χ0v) is 17.8. The highest BCUT2D eigenvalue weighted by atomic mass is 16.6. The van der Waals surface area contributed by atoms with Crippen LogP contribution in [0.5, 0.6) is 0 Å². The van der Waals surface area contributed by atoms with Gasteiger partial charge in [0.05, 0.1) is 6.54 Å². The monoisotopic (exact) mass is 446 g/mol. The Morgan fingerprint density at radius 3 is 2.97 bits per heavy atom. The molecule has 10 nitrogen and oxygen atoms in total. The van der Waals surface area contributed by atoms with Crippen LogP contribution in [0.3, 0.4) is 0 Å². The van der Waals surface area contributed by atoms with Gasteiger partial charge < -0.3 is 14.8 Å². The lowest BCUT2D eigenvalue weighted by Crippen LogP contribution is -2.56. The Kier molecular flexibility index (Phi) is 4.48. The minimum atomic E-state index is -0.550. The first kappa shape index (κ1) is 19.9. The number of pyridine rings is 2. The van der Waals surface area contributed by atoms with Crippen LogP contribution in [0.2, 0.25) is 0 Å². The second-order valence-corrected chi connectivity index (χ2v) is 9.21. The smallest absolute Gasteiger partial charge is 0.416 e. The first-order chi connectivity index (χ1) is 16.0. The zero-order valence-electron chi connectivity index (χ0n) is 17.8. The fourth-order valence-corrected chi connectivity index (χ4v) is 5.32. The van der Waals surface area contributed by atoms with Gasteiger partial charge in [0.15, 0.2) is 0 Å². The van der Waals surface area contributed by atoms with Crippen molar-refractivity contribution in [3.8, 4) is 6.07 Å². The standard InChI is InChI=1S/C23H22N6O4/c24-9-18-17-6-13(5-14(17)3-4-25-18)10-26-16-7-23(8-16)12-29(22(31)33-23)19-2-1-15-11-32-21(30)28-20(15)27-19/h1-4,13,16,26H,5-8,10-12H2,(H,27,28,30)/t13?,16-,23+. The van der Waals surface area contributed by atoms with E-state index in [0.29, 0.717) is 29.8 Å². The lowest BCUT2D eigenvalue weighted by atomic mass is 9.75. The Balaban J connectivity index is 1.05. The molecule has 4 aliphatic rings. The molecule has 1 unspecified atom stereocenters. The highest BCUT2D eigenvalue weighted by molar-refractivity contribution is 5.91. The van der Waals surface area contributed by atoms with E-state index in [1.807, 2.05) is 6.07 Å². The first-order valence-corrected chi connectivity index (χ1v) is 11.1. The van der Waals surface area contributed by atoms with Crippen molar-refractivity contribution in [1.29, 1.82) is 5.26 Å². The van der Waals surface area contributed by atoms with Crippen molar-refractivity contribution < 1.29 is 19.1 Å². The predicted octanol–water partition coefficient (Wildman–Crippen LogP) is 2.27. The van der Waals surface area contributed by atoms with Crippen LogP contribution in [0.4, 0.5) is 21.2 Å². The molecule has 168 valence electrons. The average molecular weight is 446 g/mol. The van der Waals surface area contributed by atoms with Crippen molar-refractivity contribution in [2.45, 2.75) is 43.9 Å². The van der Waals surface area contributed by atoms with Gasteiger partial charge in [-0.2, -0.15) is 5.26 Å². The van der Waals surface area contributed by atoms with Gasteiger partial charge in [0.25, 0.3) is 0 Å². The van der Waals surface area contributed by atoms with Crippen LogP contribution < -0.4 is 15.5 Å². The van der Waals surface area contributed by atoms with E-state index < -0.39 is 17.8 Å². The van der Waals surface area contributed by atoms with Gasteiger partial charge in [-0.1, -0.05) is 0 Å². The minimum absolute atomic E-state index is 0.163. The van der Waals surface area contributed by atoms with Crippen molar-refractivity contribution in [3.05, 3.63) is 46.8 Å². The maximum atomic E-state index is 12.6. The summed E-state index contributed by atoms with van der Waals surface area (Å²) in [6.07, 6.45) is 4.05. The molecule has 1 atom stereocenters. The number of cyclic esters (lactones) is 1. The summed E-state index contributed by atoms with van der Waals surface area (Å²) in [5.74, 6) is 1.31. The molecule has 0 bridgehead atoms. The van der Waals surface area contributed by atoms with Gasteiger partial charge in [-0.3, -0.25) is 10.2 Å². The van der Waals surface area contributed by atoms with Gasteiger partial charge in [-0.15, -0.1) is 0 Å². The second-order valence-electron chi connectivity index (χ2n) is 9.21. The molecule has 1 spiro atoms. The Hall–Kier alpha value is -3.71. The second kappa shape index (κ2) is 7.42. The third-order valence-corrected chi connectivity index (χ3v) is 6.98. The minimum Gasteiger partial charge on any atom is -0.444 e. The normalized spacial score (nSPS) is 27.2. The Morgan fingerprint density at radius 1 is 1.24 bits per heavy atom. The van der Waals surface area contributed by atoms with E-state index in [-0.39, 0.29) is 12.6 Å². The molecule has 1 saturated carbocycles. The number of amides is 2. The Bertz CT molecular complexity index is 1200. The fraction of sp³-hybridized carbons (Fsp3) is 0.435. The van der Waals surface area contributed by atoms with E-state index in [1.165, 1.54) is 10.5 Å². The van der Waals surface area contributed by atoms with Crippen molar-refractivity contribution in [1.82, 2.24) is 15.3 Å². The van der Waals surface area contributed by atoms with Crippen molar-refractivity contribution >= 4 is 23.8 Å². The first-order valence-electron chi connectivity index (χ1n) is 11.1. The molecule has 0 radical (unpaired) electrons. The summed E-state index contributed by atoms with van der Waals surface area (Å²) >= 11 is 0. The largest absolute Gasteiger partial charge is 0.444 e. The molecule has 2 fully saturated rings. The van der Waals surface area contributed by atoms with Crippen LogP contribution in [-0.4, -0.2) is 46.9 Å². The lowest BCUT2D eigenvalue weighted by molar-refractivity contribution is -0.0298. The van der Waals surface area contributed by atoms with Crippen molar-refractivity contribution in [2.24, 2.45) is 5.92 Å². The molecule has 2 aromatic rings. The third kappa shape index (κ3) is 3.45. The molecule has 1 saturated heterocycles. The van der Waals surface area contributed by atoms with Gasteiger partial charge in [0.1, 0.15) is 35.6 Å². The number of rotatable bonds is 4. The van der Waals surface area contributed by atoms with E-state index in [9.17, 15) is 14.9 Å². The number of ether oxygens (including phenoxy) is 2. The van der Waals surface area contributed by atoms with Gasteiger partial charge >= 0.3 is 12.2 Å². The molecule has 10 heteroatoms. The number of anilines is 2. The molecular formula is C23H22N6O4. The van der Waals surface area contributed by atoms with Crippen LogP contribution in [0, 0.1) is 17.2 Å². The summed E-state index contributed by atoms with van der Waals surface area (Å²) < 4.78 is 10.7. The molecular weight excluding hydrogens is 424 g/mol. The van der Waals surface area contributed by atoms with Gasteiger partial charge in [-0.05, 0) is 54.6 Å². The molecule has 4 heterocycles. The number of nitriles is 1. The number of nitrogens with one attached hydrogen (secondary N) is 2. The molecule has 2 aromatic heterocycles. The molecule has 6 rings (SSSR count). The van der Waals surface area contributed by atoms with Crippen LogP contribution >= 0.6 is 0 Å². The van der Waals surface area contributed by atoms with Crippen LogP contribution in [0.25, 0.3) is 0 Å². The maximum absolute atomic E-state index is 12.6. The highest BCUT2D eigenvalue weighted by Crippen LogP contribution is 2.42. The molecule has 0 aromatic carbocycles. The molecule has 33 heavy (non-hydrogen) atoms. The number of hydrogen-bond donors (Lipinski definition) is 2. The number of nitrogens with zero attached hydrogens (tertiary/aromatic N) is 4. The van der Waals surface area contributed by atoms with Gasteiger partial charge in [0, 0.05) is 30.6 Å². The van der Waals surface area contributed by atoms with Gasteiger partial charge in [-0.25, -0.2) is 19.6 Å². The topological polar surface area (TPSA) is 129 Å². The summed E-state index contributed by atoms with van der Waals surface area (Å²) in [6, 6.07) is 8.03. The lowest BCUT2D eigenvalue weighted by Gasteiger charge is -2.43. The summed E-state index contributed by atoms with van der Waals surface area (Å²) in [6.45, 7) is 1.45. The van der Waals surface area contributed by atoms with E-state index >= 15 is 0 Å². The number of fused-ring (bicyclic) bond motifs is 2. The maximum Gasteiger partial charge on any atom is 0.416 e. The van der Waals surface area contributed by atoms with Crippen LogP contribution in [0.1, 0.15) is 35.2 Å². The SMILES string of the molecule is N#Cc1nccc2c1CC(CN[C@H]1C[C@]3(CN(c4ccc5c(n4)NC(=O)OC5)C(=O)O3)C1)C2. The van der Waals surface area contributed by atoms with Crippen molar-refractivity contribution in [2.75, 3.05) is 23.3 Å². The predicted molar refractivity (Wildman–Crippen MR) is 115 cm³/mol. The summed E-state index contributed by atoms with van der Waals surface area (Å²) in [5.41, 5.74) is 3.10. The van der Waals surface area contributed by atoms with E-state index in [1.54, 1.807) is 18.3 Å². The molecule has 2 amide bonds. The average Bonchev–Trinajstić information content (AvgIpc) is 3.37. The number of hydrogen-bond acceptors (Lipinski definition) is 8.